The van der Waals surface area contributed by atoms with Crippen LogP contribution in [0.3, 0.4) is 0 Å². The Morgan fingerprint density at radius 1 is 0.978 bits per heavy atom. The molecule has 0 aromatic heterocycles. The van der Waals surface area contributed by atoms with E-state index in [1.807, 2.05) is 36.4 Å². The molecule has 4 aliphatic rings. The molecular formula is C34H42ClN5O4S. The molecule has 2 saturated carbocycles. The summed E-state index contributed by atoms with van der Waals surface area (Å²) in [6, 6.07) is 16.1. The molecule has 9 nitrogen and oxygen atoms in total. The number of nitrogens with zero attached hydrogens (tertiary/aromatic N) is 4. The minimum atomic E-state index is -3.71. The topological polar surface area (TPSA) is 114 Å². The van der Waals surface area contributed by atoms with E-state index in [2.05, 4.69) is 42.0 Å². The SMILES string of the molecule is CC(C)(C)N1CCN(c2ccc(CS(=O)(=O)[C@@H]3C[C@@H](C(=O)NC4(C#N)CC4)N(C(=O)C4(c5ccc(Cl)cc5)CC4)C3)cc2)CC1. The lowest BCUT2D eigenvalue weighted by Gasteiger charge is -2.43. The molecule has 4 fully saturated rings. The summed E-state index contributed by atoms with van der Waals surface area (Å²) in [6.45, 7) is 10.4. The minimum absolute atomic E-state index is 0.00819. The molecule has 11 heteroatoms. The molecule has 0 unspecified atom stereocenters. The van der Waals surface area contributed by atoms with E-state index in [1.165, 1.54) is 4.90 Å². The van der Waals surface area contributed by atoms with Gasteiger partial charge in [0.1, 0.15) is 11.6 Å². The second-order valence-electron chi connectivity index (χ2n) is 14.2. The lowest BCUT2D eigenvalue weighted by Crippen LogP contribution is -2.53. The van der Waals surface area contributed by atoms with Crippen LogP contribution in [0.1, 0.15) is 64.0 Å². The second kappa shape index (κ2) is 11.6. The molecule has 0 radical (unpaired) electrons. The number of hydrogen-bond donors (Lipinski definition) is 1. The number of nitriles is 1. The van der Waals surface area contributed by atoms with Gasteiger partial charge in [-0.25, -0.2) is 8.42 Å². The van der Waals surface area contributed by atoms with Gasteiger partial charge in [0.2, 0.25) is 11.8 Å². The average molecular weight is 652 g/mol. The van der Waals surface area contributed by atoms with Gasteiger partial charge in [0.25, 0.3) is 0 Å². The van der Waals surface area contributed by atoms with Crippen LogP contribution in [-0.4, -0.2) is 85.1 Å². The largest absolute Gasteiger partial charge is 0.369 e. The maximum atomic E-state index is 14.1. The van der Waals surface area contributed by atoms with E-state index in [-0.39, 0.29) is 30.2 Å². The third kappa shape index (κ3) is 6.45. The van der Waals surface area contributed by atoms with Crippen molar-refractivity contribution in [1.82, 2.24) is 15.1 Å². The Hall–Kier alpha value is -3.13. The van der Waals surface area contributed by atoms with Gasteiger partial charge in [-0.1, -0.05) is 35.9 Å². The molecule has 2 atom stereocenters. The number of rotatable bonds is 8. The van der Waals surface area contributed by atoms with Crippen LogP contribution < -0.4 is 10.2 Å². The number of carbonyl (C=O) groups excluding carboxylic acids is 2. The van der Waals surface area contributed by atoms with Gasteiger partial charge in [-0.3, -0.25) is 14.5 Å². The highest BCUT2D eigenvalue weighted by Crippen LogP contribution is 2.51. The highest BCUT2D eigenvalue weighted by atomic mass is 35.5. The summed E-state index contributed by atoms with van der Waals surface area (Å²) < 4.78 is 27.7. The van der Waals surface area contributed by atoms with Crippen molar-refractivity contribution in [3.05, 3.63) is 64.7 Å². The Morgan fingerprint density at radius 2 is 1.60 bits per heavy atom. The standard InChI is InChI=1S/C34H42ClN5O4S/c1-32(2,3)39-18-16-38(17-19-39)27-10-4-24(5-11-27)22-45(43,44)28-20-29(30(41)37-33(23-36)12-13-33)40(21-28)31(42)34(14-15-34)25-6-8-26(35)9-7-25/h4-11,28-29H,12-22H2,1-3H3,(H,37,41)/t28-,29+/m1/s1. The Morgan fingerprint density at radius 3 is 2.13 bits per heavy atom. The summed E-state index contributed by atoms with van der Waals surface area (Å²) in [5.41, 5.74) is 0.994. The number of hydrogen-bond acceptors (Lipinski definition) is 7. The summed E-state index contributed by atoms with van der Waals surface area (Å²) >= 11 is 6.09. The molecule has 2 heterocycles. The van der Waals surface area contributed by atoms with E-state index in [1.54, 1.807) is 12.1 Å². The van der Waals surface area contributed by atoms with Crippen LogP contribution in [0, 0.1) is 11.3 Å². The van der Waals surface area contributed by atoms with Gasteiger partial charge < -0.3 is 15.1 Å². The predicted octanol–water partition coefficient (Wildman–Crippen LogP) is 4.05. The number of benzene rings is 2. The molecule has 2 aliphatic heterocycles. The van der Waals surface area contributed by atoms with E-state index in [4.69, 9.17) is 11.6 Å². The first-order valence-corrected chi connectivity index (χ1v) is 18.0. The van der Waals surface area contributed by atoms with E-state index >= 15 is 0 Å². The van der Waals surface area contributed by atoms with Crippen molar-refractivity contribution < 1.29 is 18.0 Å². The highest BCUT2D eigenvalue weighted by Gasteiger charge is 2.58. The number of amides is 2. The molecule has 2 aromatic rings. The van der Waals surface area contributed by atoms with Crippen molar-refractivity contribution >= 4 is 38.9 Å². The van der Waals surface area contributed by atoms with E-state index < -0.39 is 38.0 Å². The number of nitrogens with one attached hydrogen (secondary N) is 1. The predicted molar refractivity (Wildman–Crippen MR) is 175 cm³/mol. The van der Waals surface area contributed by atoms with E-state index in [0.717, 1.165) is 37.4 Å². The summed E-state index contributed by atoms with van der Waals surface area (Å²) in [5.74, 6) is -0.861. The zero-order valence-electron chi connectivity index (χ0n) is 26.3. The monoisotopic (exact) mass is 651 g/mol. The fourth-order valence-corrected chi connectivity index (χ4v) is 8.70. The summed E-state index contributed by atoms with van der Waals surface area (Å²) in [6.07, 6.45) is 2.35. The molecule has 2 aliphatic carbocycles. The zero-order valence-corrected chi connectivity index (χ0v) is 27.8. The van der Waals surface area contributed by atoms with Gasteiger partial charge in [-0.15, -0.1) is 0 Å². The van der Waals surface area contributed by atoms with E-state index in [9.17, 15) is 23.3 Å². The van der Waals surface area contributed by atoms with Crippen molar-refractivity contribution in [3.63, 3.8) is 0 Å². The van der Waals surface area contributed by atoms with Gasteiger partial charge in [0.05, 0.1) is 22.5 Å². The van der Waals surface area contributed by atoms with Crippen LogP contribution in [0.5, 0.6) is 0 Å². The summed E-state index contributed by atoms with van der Waals surface area (Å²) in [4.78, 5) is 33.9. The van der Waals surface area contributed by atoms with Crippen LogP contribution >= 0.6 is 11.6 Å². The Labute approximate surface area is 271 Å². The second-order valence-corrected chi connectivity index (χ2v) is 16.9. The maximum absolute atomic E-state index is 14.1. The van der Waals surface area contributed by atoms with Crippen molar-refractivity contribution in [3.8, 4) is 6.07 Å². The highest BCUT2D eigenvalue weighted by molar-refractivity contribution is 7.91. The van der Waals surface area contributed by atoms with Crippen molar-refractivity contribution in [2.45, 2.75) is 86.4 Å². The molecule has 1 N–H and O–H groups in total. The number of anilines is 1. The van der Waals surface area contributed by atoms with Gasteiger partial charge in [0, 0.05) is 49.0 Å². The zero-order chi connectivity index (χ0) is 32.2. The molecule has 0 spiro atoms. The van der Waals surface area contributed by atoms with Gasteiger partial charge >= 0.3 is 0 Å². The minimum Gasteiger partial charge on any atom is -0.369 e. The molecular weight excluding hydrogens is 610 g/mol. The third-order valence-corrected chi connectivity index (χ3v) is 12.5. The Bertz CT molecular complexity index is 1600. The fraction of sp³-hybridized carbons (Fsp3) is 0.559. The first-order chi connectivity index (χ1) is 21.3. The Balaban J connectivity index is 1.17. The quantitative estimate of drug-likeness (QED) is 0.458. The number of carbonyl (C=O) groups is 2. The normalized spacial score (nSPS) is 24.2. The van der Waals surface area contributed by atoms with Gasteiger partial charge in [-0.2, -0.15) is 5.26 Å². The molecule has 6 rings (SSSR count). The number of sulfone groups is 1. The lowest BCUT2D eigenvalue weighted by atomic mass is 9.94. The Kier molecular flexibility index (Phi) is 8.20. The van der Waals surface area contributed by atoms with Crippen molar-refractivity contribution in [2.75, 3.05) is 37.6 Å². The first-order valence-electron chi connectivity index (χ1n) is 15.9. The third-order valence-electron chi connectivity index (χ3n) is 10.1. The van der Waals surface area contributed by atoms with Crippen LogP contribution in [-0.2, 0) is 30.6 Å². The van der Waals surface area contributed by atoms with Crippen LogP contribution in [0.15, 0.2) is 48.5 Å². The number of likely N-dealkylation sites (tertiary alicyclic amines) is 1. The van der Waals surface area contributed by atoms with Crippen molar-refractivity contribution in [2.24, 2.45) is 0 Å². The molecule has 0 bridgehead atoms. The van der Waals surface area contributed by atoms with Gasteiger partial charge in [0.15, 0.2) is 9.84 Å². The fourth-order valence-electron chi connectivity index (χ4n) is 6.82. The van der Waals surface area contributed by atoms with E-state index in [0.29, 0.717) is 36.3 Å². The molecule has 2 aromatic carbocycles. The summed E-state index contributed by atoms with van der Waals surface area (Å²) in [7, 11) is -3.71. The van der Waals surface area contributed by atoms with Crippen LogP contribution in [0.4, 0.5) is 5.69 Å². The molecule has 2 saturated heterocycles. The smallest absolute Gasteiger partial charge is 0.244 e. The van der Waals surface area contributed by atoms with Gasteiger partial charge in [-0.05, 0) is 88.3 Å². The van der Waals surface area contributed by atoms with Crippen LogP contribution in [0.25, 0.3) is 0 Å². The van der Waals surface area contributed by atoms with Crippen LogP contribution in [0.2, 0.25) is 5.02 Å². The molecule has 2 amide bonds. The number of piperazine rings is 1. The number of halogens is 1. The van der Waals surface area contributed by atoms with Crippen molar-refractivity contribution in [1.29, 1.82) is 5.26 Å². The molecule has 45 heavy (non-hydrogen) atoms. The average Bonchev–Trinajstić information content (AvgIpc) is 3.93. The first kappa shape index (κ1) is 31.8. The maximum Gasteiger partial charge on any atom is 0.244 e. The molecule has 240 valence electrons. The summed E-state index contributed by atoms with van der Waals surface area (Å²) in [5, 5.41) is 12.1. The lowest BCUT2D eigenvalue weighted by molar-refractivity contribution is -0.140.